The van der Waals surface area contributed by atoms with Gasteiger partial charge in [-0.05, 0) is 57.9 Å². The molecule has 1 aliphatic heterocycles. The summed E-state index contributed by atoms with van der Waals surface area (Å²) in [5.41, 5.74) is 1.44. The number of aromatic amines is 1. The zero-order chi connectivity index (χ0) is 23.5. The summed E-state index contributed by atoms with van der Waals surface area (Å²) < 4.78 is 38.5. The summed E-state index contributed by atoms with van der Waals surface area (Å²) in [5.74, 6) is -0.763. The molecular formula is C22H29N3O6S. The number of hydrogen-bond donors (Lipinski definition) is 2. The molecular weight excluding hydrogens is 434 g/mol. The molecule has 0 radical (unpaired) electrons. The Balaban J connectivity index is 1.81. The number of nitrogens with one attached hydrogen (secondary N) is 2. The lowest BCUT2D eigenvalue weighted by Crippen LogP contribution is -2.44. The number of rotatable bonds is 7. The van der Waals surface area contributed by atoms with E-state index >= 15 is 0 Å². The van der Waals surface area contributed by atoms with Gasteiger partial charge in [0.1, 0.15) is 16.2 Å². The molecule has 1 unspecified atom stereocenters. The number of amides is 1. The molecule has 10 heteroatoms. The molecule has 1 saturated heterocycles. The summed E-state index contributed by atoms with van der Waals surface area (Å²) >= 11 is 0. The Kier molecular flexibility index (Phi) is 7.25. The first kappa shape index (κ1) is 23.8. The third-order valence-electron chi connectivity index (χ3n) is 5.51. The molecule has 9 nitrogen and oxygen atoms in total. The number of esters is 1. The fourth-order valence-corrected chi connectivity index (χ4v) is 5.89. The number of carbonyl (C=O) groups is 2. The maximum Gasteiger partial charge on any atom is 0.341 e. The van der Waals surface area contributed by atoms with E-state index in [0.29, 0.717) is 35.7 Å². The lowest BCUT2D eigenvalue weighted by atomic mass is 9.99. The first-order valence-corrected chi connectivity index (χ1v) is 11.9. The van der Waals surface area contributed by atoms with Gasteiger partial charge in [-0.2, -0.15) is 4.31 Å². The normalized spacial score (nSPS) is 17.1. The van der Waals surface area contributed by atoms with Gasteiger partial charge in [-0.3, -0.25) is 4.79 Å². The van der Waals surface area contributed by atoms with Crippen molar-refractivity contribution >= 4 is 27.6 Å². The molecule has 0 aliphatic carbocycles. The van der Waals surface area contributed by atoms with Crippen LogP contribution in [0.3, 0.4) is 0 Å². The highest BCUT2D eigenvalue weighted by Gasteiger charge is 2.38. The van der Waals surface area contributed by atoms with Gasteiger partial charge >= 0.3 is 5.97 Å². The average molecular weight is 464 g/mol. The number of carbonyl (C=O) groups excluding carboxylic acids is 2. The van der Waals surface area contributed by atoms with E-state index in [-0.39, 0.29) is 36.1 Å². The molecule has 1 aliphatic rings. The fraction of sp³-hybridized carbons (Fsp3) is 0.455. The van der Waals surface area contributed by atoms with Crippen molar-refractivity contribution in [3.05, 3.63) is 41.2 Å². The second-order valence-corrected chi connectivity index (χ2v) is 9.59. The van der Waals surface area contributed by atoms with Crippen LogP contribution in [0.15, 0.2) is 29.2 Å². The molecule has 2 heterocycles. The number of ether oxygens (including phenoxy) is 2. The van der Waals surface area contributed by atoms with Gasteiger partial charge in [0, 0.05) is 30.2 Å². The lowest BCUT2D eigenvalue weighted by molar-refractivity contribution is -0.120. The van der Waals surface area contributed by atoms with Crippen LogP contribution < -0.4 is 10.1 Å². The van der Waals surface area contributed by atoms with Crippen LogP contribution in [0.1, 0.15) is 41.5 Å². The third-order valence-corrected chi connectivity index (χ3v) is 7.55. The van der Waals surface area contributed by atoms with Gasteiger partial charge in [0.25, 0.3) is 0 Å². The Hall–Kier alpha value is -2.85. The maximum atomic E-state index is 13.5. The second kappa shape index (κ2) is 9.74. The quantitative estimate of drug-likeness (QED) is 0.610. The lowest BCUT2D eigenvalue weighted by Gasteiger charge is -2.31. The molecule has 1 amide bonds. The van der Waals surface area contributed by atoms with E-state index in [1.165, 1.54) is 4.31 Å². The molecule has 3 rings (SSSR count). The number of sulfonamides is 1. The predicted molar refractivity (Wildman–Crippen MR) is 119 cm³/mol. The Morgan fingerprint density at radius 2 is 1.88 bits per heavy atom. The number of aryl methyl sites for hydroxylation is 2. The molecule has 174 valence electrons. The van der Waals surface area contributed by atoms with Crippen LogP contribution >= 0.6 is 0 Å². The zero-order valence-electron chi connectivity index (χ0n) is 18.7. The second-order valence-electron chi connectivity index (χ2n) is 7.72. The molecule has 1 aromatic heterocycles. The maximum absolute atomic E-state index is 13.5. The van der Waals surface area contributed by atoms with E-state index < -0.39 is 21.9 Å². The first-order valence-electron chi connectivity index (χ1n) is 10.5. The summed E-state index contributed by atoms with van der Waals surface area (Å²) in [5, 5.41) is 2.84. The van der Waals surface area contributed by atoms with Crippen molar-refractivity contribution in [1.29, 1.82) is 0 Å². The van der Waals surface area contributed by atoms with Crippen molar-refractivity contribution in [3.8, 4) is 5.75 Å². The molecule has 2 N–H and O–H groups in total. The van der Waals surface area contributed by atoms with E-state index in [4.69, 9.17) is 9.47 Å². The van der Waals surface area contributed by atoms with Gasteiger partial charge in [-0.25, -0.2) is 13.2 Å². The summed E-state index contributed by atoms with van der Waals surface area (Å²) in [6.07, 6.45) is 1.11. The number of anilines is 1. The predicted octanol–water partition coefficient (Wildman–Crippen LogP) is 2.86. The standard InChI is InChI=1S/C22H29N3O6S/c1-5-31-22(27)19-14(2)23-15(3)20(19)32(28,29)25-12-6-7-16(13-25)21(26)24-17-8-10-18(30-4)11-9-17/h8-11,16,23H,5-7,12-13H2,1-4H3,(H,24,26). The Labute approximate surface area is 188 Å². The van der Waals surface area contributed by atoms with Crippen LogP contribution in [-0.4, -0.2) is 56.4 Å². The number of benzene rings is 1. The SMILES string of the molecule is CCOC(=O)c1c(C)[nH]c(C)c1S(=O)(=O)N1CCCC(C(=O)Nc2ccc(OC)cc2)C1. The van der Waals surface area contributed by atoms with Crippen LogP contribution in [0.2, 0.25) is 0 Å². The summed E-state index contributed by atoms with van der Waals surface area (Å²) in [6, 6.07) is 6.93. The number of hydrogen-bond acceptors (Lipinski definition) is 6. The minimum atomic E-state index is -4.01. The Morgan fingerprint density at radius 3 is 2.50 bits per heavy atom. The molecule has 1 aromatic carbocycles. The molecule has 0 spiro atoms. The van der Waals surface area contributed by atoms with E-state index in [2.05, 4.69) is 10.3 Å². The molecule has 0 bridgehead atoms. The molecule has 0 saturated carbocycles. The number of H-pyrrole nitrogens is 1. The highest BCUT2D eigenvalue weighted by atomic mass is 32.2. The van der Waals surface area contributed by atoms with Gasteiger partial charge in [0.15, 0.2) is 0 Å². The molecule has 1 fully saturated rings. The number of piperidine rings is 1. The summed E-state index contributed by atoms with van der Waals surface area (Å²) in [4.78, 5) is 28.1. The van der Waals surface area contributed by atoms with Gasteiger partial charge < -0.3 is 19.8 Å². The number of aromatic nitrogens is 1. The fourth-order valence-electron chi connectivity index (χ4n) is 3.95. The zero-order valence-corrected chi connectivity index (χ0v) is 19.5. The monoisotopic (exact) mass is 463 g/mol. The van der Waals surface area contributed by atoms with E-state index in [1.807, 2.05) is 0 Å². The van der Waals surface area contributed by atoms with Crippen molar-refractivity contribution in [1.82, 2.24) is 9.29 Å². The number of methoxy groups -OCH3 is 1. The highest BCUT2D eigenvalue weighted by molar-refractivity contribution is 7.89. The molecule has 32 heavy (non-hydrogen) atoms. The topological polar surface area (TPSA) is 118 Å². The third kappa shape index (κ3) is 4.81. The Bertz CT molecular complexity index is 1090. The van der Waals surface area contributed by atoms with Gasteiger partial charge in [-0.1, -0.05) is 0 Å². The van der Waals surface area contributed by atoms with Gasteiger partial charge in [0.2, 0.25) is 15.9 Å². The van der Waals surface area contributed by atoms with E-state index in [1.54, 1.807) is 52.1 Å². The van der Waals surface area contributed by atoms with E-state index in [0.717, 1.165) is 0 Å². The van der Waals surface area contributed by atoms with Crippen LogP contribution in [0, 0.1) is 19.8 Å². The van der Waals surface area contributed by atoms with Crippen LogP contribution in [-0.2, 0) is 19.6 Å². The largest absolute Gasteiger partial charge is 0.497 e. The van der Waals surface area contributed by atoms with Crippen molar-refractivity contribution in [2.24, 2.45) is 5.92 Å². The van der Waals surface area contributed by atoms with Crippen molar-refractivity contribution in [2.75, 3.05) is 32.1 Å². The van der Waals surface area contributed by atoms with Crippen LogP contribution in [0.25, 0.3) is 0 Å². The minimum Gasteiger partial charge on any atom is -0.497 e. The van der Waals surface area contributed by atoms with Gasteiger partial charge in [0.05, 0.1) is 19.6 Å². The summed E-state index contributed by atoms with van der Waals surface area (Å²) in [7, 11) is -2.45. The smallest absolute Gasteiger partial charge is 0.341 e. The van der Waals surface area contributed by atoms with Crippen LogP contribution in [0.5, 0.6) is 5.75 Å². The van der Waals surface area contributed by atoms with Crippen molar-refractivity contribution in [3.63, 3.8) is 0 Å². The average Bonchev–Trinajstić information content (AvgIpc) is 3.09. The van der Waals surface area contributed by atoms with Crippen molar-refractivity contribution < 1.29 is 27.5 Å². The Morgan fingerprint density at radius 1 is 1.19 bits per heavy atom. The van der Waals surface area contributed by atoms with Crippen LogP contribution in [0.4, 0.5) is 5.69 Å². The van der Waals surface area contributed by atoms with Crippen molar-refractivity contribution in [2.45, 2.75) is 38.5 Å². The van der Waals surface area contributed by atoms with Gasteiger partial charge in [-0.15, -0.1) is 0 Å². The molecule has 1 atom stereocenters. The highest BCUT2D eigenvalue weighted by Crippen LogP contribution is 2.31. The minimum absolute atomic E-state index is 0.0224. The first-order chi connectivity index (χ1) is 15.2. The molecule has 2 aromatic rings. The summed E-state index contributed by atoms with van der Waals surface area (Å²) in [6.45, 7) is 5.37. The number of nitrogens with zero attached hydrogens (tertiary/aromatic N) is 1. The van der Waals surface area contributed by atoms with E-state index in [9.17, 15) is 18.0 Å².